The van der Waals surface area contributed by atoms with Gasteiger partial charge in [0.2, 0.25) is 0 Å². The Balaban J connectivity index is -0.0000000139. The molecule has 0 aromatic rings. The van der Waals surface area contributed by atoms with Crippen molar-refractivity contribution in [3.05, 3.63) is 0 Å². The topological polar surface area (TPSA) is 76.8 Å². The maximum absolute atomic E-state index is 4.36. The van der Waals surface area contributed by atoms with E-state index in [1.807, 2.05) is 55.4 Å². The lowest BCUT2D eigenvalue weighted by Gasteiger charge is -1.44. The first-order chi connectivity index (χ1) is 6.83. The first kappa shape index (κ1) is 38.3. The minimum Gasteiger partial charge on any atom is -0.324 e. The largest absolute Gasteiger partial charge is 0.324 e. The van der Waals surface area contributed by atoms with Crippen LogP contribution in [-0.4, -0.2) is 13.4 Å². The maximum Gasteiger partial charge on any atom is 0.0102 e. The lowest BCUT2D eigenvalue weighted by molar-refractivity contribution is 1.28. The van der Waals surface area contributed by atoms with Gasteiger partial charge in [-0.25, -0.2) is 0 Å². The summed E-state index contributed by atoms with van der Waals surface area (Å²) >= 11 is 0. The van der Waals surface area contributed by atoms with Crippen molar-refractivity contribution >= 4 is 13.4 Å². The van der Waals surface area contributed by atoms with Crippen LogP contribution in [0.4, 0.5) is 0 Å². The van der Waals surface area contributed by atoms with Crippen LogP contribution in [0.5, 0.6) is 0 Å². The predicted octanol–water partition coefficient (Wildman–Crippen LogP) is 3.23. The molecule has 0 aromatic carbocycles. The van der Waals surface area contributed by atoms with Crippen molar-refractivity contribution in [3.8, 4) is 0 Å². The highest BCUT2D eigenvalue weighted by molar-refractivity contribution is 5.21. The van der Waals surface area contributed by atoms with E-state index in [0.717, 1.165) is 0 Å². The highest BCUT2D eigenvalue weighted by Gasteiger charge is 1.03. The number of hydrazone groups is 2. The van der Waals surface area contributed by atoms with Gasteiger partial charge in [0.05, 0.1) is 0 Å². The first-order valence-electron chi connectivity index (χ1n) is 5.15. The van der Waals surface area contributed by atoms with Gasteiger partial charge >= 0.3 is 0 Å². The van der Waals surface area contributed by atoms with E-state index in [-0.39, 0.29) is 0 Å². The fourth-order valence-corrected chi connectivity index (χ4v) is 0. The molecule has 0 heterocycles. The smallest absolute Gasteiger partial charge is 0.0102 e. The van der Waals surface area contributed by atoms with E-state index < -0.39 is 0 Å². The van der Waals surface area contributed by atoms with Crippen molar-refractivity contribution in [2.45, 2.75) is 55.4 Å². The molecule has 4 heteroatoms. The van der Waals surface area contributed by atoms with Gasteiger partial charge in [0.1, 0.15) is 0 Å². The van der Waals surface area contributed by atoms with Gasteiger partial charge < -0.3 is 11.7 Å². The van der Waals surface area contributed by atoms with E-state index in [0.29, 0.717) is 0 Å². The molecule has 0 radical (unpaired) electrons. The maximum atomic E-state index is 4.36. The van der Waals surface area contributed by atoms with Crippen LogP contribution in [0.1, 0.15) is 55.4 Å². The van der Waals surface area contributed by atoms with Crippen molar-refractivity contribution in [1.82, 2.24) is 0 Å². The molecule has 0 bridgehead atoms. The van der Waals surface area contributed by atoms with Crippen LogP contribution in [0.15, 0.2) is 10.2 Å². The summed E-state index contributed by atoms with van der Waals surface area (Å²) in [5.74, 6) is 8.72. The summed E-state index contributed by atoms with van der Waals surface area (Å²) in [5.41, 5.74) is 0. The van der Waals surface area contributed by atoms with Gasteiger partial charge in [-0.2, -0.15) is 10.2 Å². The van der Waals surface area contributed by atoms with Crippen LogP contribution in [0, 0.1) is 0 Å². The lowest BCUT2D eigenvalue weighted by atomic mass is 11.0. The zero-order valence-corrected chi connectivity index (χ0v) is 11.5. The van der Waals surface area contributed by atoms with Crippen molar-refractivity contribution in [2.24, 2.45) is 21.9 Å². The third-order valence-electron chi connectivity index (χ3n) is 0. The summed E-state index contributed by atoms with van der Waals surface area (Å²) in [6.45, 7) is 21.8. The Bertz CT molecular complexity index is 33.1. The summed E-state index contributed by atoms with van der Waals surface area (Å²) < 4.78 is 0. The molecule has 0 aliphatic rings. The van der Waals surface area contributed by atoms with Gasteiger partial charge in [-0.05, 0) is 0 Å². The number of nitrogens with zero attached hydrogens (tertiary/aromatic N) is 2. The second-order valence-electron chi connectivity index (χ2n) is 0.365. The molecule has 0 aliphatic heterocycles. The molecule has 0 spiro atoms. The predicted molar refractivity (Wildman–Crippen MR) is 72.9 cm³/mol. The summed E-state index contributed by atoms with van der Waals surface area (Å²) in [6.07, 6.45) is 0. The molecule has 0 saturated heterocycles. The Morgan fingerprint density at radius 1 is 0.571 bits per heavy atom. The summed E-state index contributed by atoms with van der Waals surface area (Å²) in [6, 6.07) is 0. The van der Waals surface area contributed by atoms with Crippen molar-refractivity contribution in [1.29, 1.82) is 0 Å². The molecule has 0 aliphatic carbocycles. The second-order valence-corrected chi connectivity index (χ2v) is 0.365. The Labute approximate surface area is 91.5 Å². The van der Waals surface area contributed by atoms with E-state index in [1.54, 1.807) is 0 Å². The molecule has 4 nitrogen and oxygen atoms in total. The molecule has 0 atom stereocenters. The monoisotopic (exact) mass is 208 g/mol. The zero-order chi connectivity index (χ0) is 13.4. The average Bonchev–Trinajstić information content (AvgIpc) is 2.31. The van der Waals surface area contributed by atoms with Gasteiger partial charge in [0.15, 0.2) is 0 Å². The van der Waals surface area contributed by atoms with Gasteiger partial charge in [-0.15, -0.1) is 0 Å². The molecule has 0 amide bonds. The van der Waals surface area contributed by atoms with Crippen molar-refractivity contribution < 1.29 is 0 Å². The second kappa shape index (κ2) is 1620. The average molecular weight is 208 g/mol. The number of nitrogens with two attached hydrogens (primary N) is 2. The standard InChI is InChI=1S/4C2H6.2CH4N2/c4*1-2;2*1-3-2/h4*1-2H3;2*1-2H2. The molecule has 0 saturated carbocycles. The molecular weight excluding hydrogens is 176 g/mol. The Morgan fingerprint density at radius 3 is 0.571 bits per heavy atom. The summed E-state index contributed by atoms with van der Waals surface area (Å²) in [7, 11) is 0. The number of hydrogen-bond acceptors (Lipinski definition) is 4. The van der Waals surface area contributed by atoms with E-state index >= 15 is 0 Å². The summed E-state index contributed by atoms with van der Waals surface area (Å²) in [5, 5.41) is 5.50. The molecular formula is C10H32N4. The molecule has 0 fully saturated rings. The molecule has 0 aromatic heterocycles. The molecule has 0 unspecified atom stereocenters. The zero-order valence-electron chi connectivity index (χ0n) is 11.5. The number of hydrogen-bond donors (Lipinski definition) is 2. The van der Waals surface area contributed by atoms with Crippen molar-refractivity contribution in [2.75, 3.05) is 0 Å². The van der Waals surface area contributed by atoms with E-state index in [1.165, 1.54) is 0 Å². The molecule has 14 heavy (non-hydrogen) atoms. The Kier molecular flexibility index (Phi) is 4420. The van der Waals surface area contributed by atoms with E-state index in [2.05, 4.69) is 35.3 Å². The molecule has 0 rings (SSSR count). The molecule has 4 N–H and O–H groups in total. The normalized spacial score (nSPS) is 3.43. The SMILES string of the molecule is C=NN.C=NN.CC.CC.CC.CC. The quantitative estimate of drug-likeness (QED) is 0.364. The lowest BCUT2D eigenvalue weighted by Crippen LogP contribution is -1.68. The minimum atomic E-state index is 2.00. The van der Waals surface area contributed by atoms with Crippen LogP contribution in [-0.2, 0) is 0 Å². The highest BCUT2D eigenvalue weighted by Crippen LogP contribution is 1.15. The fourth-order valence-electron chi connectivity index (χ4n) is 0. The summed E-state index contributed by atoms with van der Waals surface area (Å²) in [4.78, 5) is 0. The van der Waals surface area contributed by atoms with Crippen LogP contribution in [0.3, 0.4) is 0 Å². The third kappa shape index (κ3) is 962. The van der Waals surface area contributed by atoms with Gasteiger partial charge in [-0.3, -0.25) is 0 Å². The van der Waals surface area contributed by atoms with Crippen LogP contribution in [0.25, 0.3) is 0 Å². The van der Waals surface area contributed by atoms with Gasteiger partial charge in [0, 0.05) is 13.4 Å². The highest BCUT2D eigenvalue weighted by atomic mass is 15.1. The van der Waals surface area contributed by atoms with Gasteiger partial charge in [0.25, 0.3) is 0 Å². The first-order valence-corrected chi connectivity index (χ1v) is 5.15. The van der Waals surface area contributed by atoms with E-state index in [9.17, 15) is 0 Å². The third-order valence-corrected chi connectivity index (χ3v) is 0. The van der Waals surface area contributed by atoms with Crippen LogP contribution >= 0.6 is 0 Å². The Morgan fingerprint density at radius 2 is 0.571 bits per heavy atom. The van der Waals surface area contributed by atoms with Crippen LogP contribution in [0.2, 0.25) is 0 Å². The molecule has 92 valence electrons. The minimum absolute atomic E-state index is 2.00. The van der Waals surface area contributed by atoms with Crippen molar-refractivity contribution in [3.63, 3.8) is 0 Å². The number of rotatable bonds is 0. The fraction of sp³-hybridized carbons (Fsp3) is 0.800. The van der Waals surface area contributed by atoms with Crippen LogP contribution < -0.4 is 11.7 Å². The van der Waals surface area contributed by atoms with Gasteiger partial charge in [-0.1, -0.05) is 55.4 Å². The van der Waals surface area contributed by atoms with E-state index in [4.69, 9.17) is 0 Å². The Hall–Kier alpha value is -1.06.